The van der Waals surface area contributed by atoms with Gasteiger partial charge in [-0.3, -0.25) is 9.58 Å². The van der Waals surface area contributed by atoms with E-state index in [2.05, 4.69) is 31.1 Å². The molecule has 0 spiro atoms. The lowest BCUT2D eigenvalue weighted by atomic mass is 10.2. The average molecular weight is 273 g/mol. The molecule has 1 unspecified atom stereocenters. The minimum Gasteiger partial charge on any atom is -0.297 e. The van der Waals surface area contributed by atoms with Crippen LogP contribution in [0.5, 0.6) is 0 Å². The molecule has 0 saturated carbocycles. The zero-order chi connectivity index (χ0) is 10.7. The molecule has 0 amide bonds. The zero-order valence-electron chi connectivity index (χ0n) is 9.06. The highest BCUT2D eigenvalue weighted by Crippen LogP contribution is 2.18. The number of rotatable bonds is 2. The van der Waals surface area contributed by atoms with Crippen molar-refractivity contribution in [2.45, 2.75) is 30.6 Å². The molecule has 0 bridgehead atoms. The molecule has 1 fully saturated rings. The number of aromatic nitrogens is 3. The first kappa shape index (κ1) is 11.1. The maximum absolute atomic E-state index is 4.12. The van der Waals surface area contributed by atoms with E-state index in [1.165, 1.54) is 25.8 Å². The summed E-state index contributed by atoms with van der Waals surface area (Å²) in [7, 11) is 1.91. The van der Waals surface area contributed by atoms with Gasteiger partial charge in [0.2, 0.25) is 0 Å². The van der Waals surface area contributed by atoms with Gasteiger partial charge in [0.1, 0.15) is 0 Å². The molecular formula is C10H17BrN4. The van der Waals surface area contributed by atoms with Crippen LogP contribution in [0.3, 0.4) is 0 Å². The first-order chi connectivity index (χ1) is 7.24. The maximum atomic E-state index is 4.12. The van der Waals surface area contributed by atoms with Crippen molar-refractivity contribution in [3.8, 4) is 0 Å². The van der Waals surface area contributed by atoms with Crippen LogP contribution in [-0.2, 0) is 13.6 Å². The smallest absolute Gasteiger partial charge is 0.0966 e. The van der Waals surface area contributed by atoms with E-state index in [-0.39, 0.29) is 0 Å². The summed E-state index contributed by atoms with van der Waals surface area (Å²) in [5.74, 6) is 0. The fraction of sp³-hybridized carbons (Fsp3) is 0.800. The van der Waals surface area contributed by atoms with Gasteiger partial charge in [-0.2, -0.15) is 0 Å². The van der Waals surface area contributed by atoms with Crippen molar-refractivity contribution >= 4 is 15.9 Å². The number of aryl methyl sites for hydroxylation is 1. The van der Waals surface area contributed by atoms with E-state index in [4.69, 9.17) is 0 Å². The highest BCUT2D eigenvalue weighted by atomic mass is 79.9. The van der Waals surface area contributed by atoms with Crippen LogP contribution >= 0.6 is 15.9 Å². The largest absolute Gasteiger partial charge is 0.297 e. The zero-order valence-corrected chi connectivity index (χ0v) is 10.7. The highest BCUT2D eigenvalue weighted by Gasteiger charge is 2.15. The Balaban J connectivity index is 1.88. The number of likely N-dealkylation sites (tertiary alicyclic amines) is 1. The Morgan fingerprint density at radius 2 is 2.33 bits per heavy atom. The summed E-state index contributed by atoms with van der Waals surface area (Å²) in [5, 5.41) is 8.07. The normalized spacial score (nSPS) is 24.0. The fourth-order valence-corrected chi connectivity index (χ4v) is 2.50. The first-order valence-corrected chi connectivity index (χ1v) is 6.37. The molecule has 4 nitrogen and oxygen atoms in total. The number of halogens is 1. The van der Waals surface area contributed by atoms with E-state index in [9.17, 15) is 0 Å². The molecule has 0 aliphatic carbocycles. The van der Waals surface area contributed by atoms with Crippen molar-refractivity contribution in [3.63, 3.8) is 0 Å². The highest BCUT2D eigenvalue weighted by molar-refractivity contribution is 9.09. The van der Waals surface area contributed by atoms with Gasteiger partial charge in [-0.25, -0.2) is 0 Å². The molecule has 2 heterocycles. The molecule has 1 aliphatic heterocycles. The van der Waals surface area contributed by atoms with Gasteiger partial charge in [-0.05, 0) is 32.4 Å². The van der Waals surface area contributed by atoms with Gasteiger partial charge in [0.05, 0.1) is 5.69 Å². The third kappa shape index (κ3) is 3.28. The Kier molecular flexibility index (Phi) is 3.75. The van der Waals surface area contributed by atoms with Crippen LogP contribution in [0.4, 0.5) is 0 Å². The van der Waals surface area contributed by atoms with E-state index < -0.39 is 0 Å². The quantitative estimate of drug-likeness (QED) is 0.767. The summed E-state index contributed by atoms with van der Waals surface area (Å²) in [6.07, 6.45) is 5.80. The van der Waals surface area contributed by atoms with E-state index in [1.54, 1.807) is 4.68 Å². The number of hydrogen-bond donors (Lipinski definition) is 0. The molecule has 1 aliphatic rings. The lowest BCUT2D eigenvalue weighted by molar-refractivity contribution is 0.274. The molecular weight excluding hydrogens is 256 g/mol. The Bertz CT molecular complexity index is 312. The SMILES string of the molecule is Cn1cc(CN2CCCC(Br)CC2)nn1. The van der Waals surface area contributed by atoms with Gasteiger partial charge in [-0.15, -0.1) is 5.10 Å². The standard InChI is InChI=1S/C10H17BrN4/c1-14-7-10(12-13-14)8-15-5-2-3-9(11)4-6-15/h7,9H,2-6,8H2,1H3. The summed E-state index contributed by atoms with van der Waals surface area (Å²) in [6.45, 7) is 3.28. The molecule has 2 rings (SSSR count). The predicted molar refractivity (Wildman–Crippen MR) is 62.8 cm³/mol. The molecule has 1 aromatic rings. The molecule has 1 aromatic heterocycles. The van der Waals surface area contributed by atoms with Crippen LogP contribution < -0.4 is 0 Å². The maximum Gasteiger partial charge on any atom is 0.0966 e. The van der Waals surface area contributed by atoms with Gasteiger partial charge in [0.15, 0.2) is 0 Å². The van der Waals surface area contributed by atoms with Crippen LogP contribution in [0.15, 0.2) is 6.20 Å². The molecule has 5 heteroatoms. The van der Waals surface area contributed by atoms with Crippen LogP contribution in [0.2, 0.25) is 0 Å². The van der Waals surface area contributed by atoms with Crippen molar-refractivity contribution in [1.29, 1.82) is 0 Å². The van der Waals surface area contributed by atoms with Gasteiger partial charge < -0.3 is 0 Å². The van der Waals surface area contributed by atoms with Gasteiger partial charge in [0, 0.05) is 24.6 Å². The minimum absolute atomic E-state index is 0.698. The van der Waals surface area contributed by atoms with E-state index >= 15 is 0 Å². The van der Waals surface area contributed by atoms with E-state index in [1.807, 2.05) is 13.2 Å². The van der Waals surface area contributed by atoms with Crippen molar-refractivity contribution < 1.29 is 0 Å². The molecule has 0 aromatic carbocycles. The molecule has 84 valence electrons. The van der Waals surface area contributed by atoms with Crippen LogP contribution in [-0.4, -0.2) is 37.8 Å². The van der Waals surface area contributed by atoms with Crippen molar-refractivity contribution in [1.82, 2.24) is 19.9 Å². The van der Waals surface area contributed by atoms with Gasteiger partial charge in [-0.1, -0.05) is 21.1 Å². The second kappa shape index (κ2) is 5.07. The summed E-state index contributed by atoms with van der Waals surface area (Å²) in [6, 6.07) is 0. The Morgan fingerprint density at radius 1 is 1.47 bits per heavy atom. The van der Waals surface area contributed by atoms with Crippen LogP contribution in [0.1, 0.15) is 25.0 Å². The third-order valence-corrected chi connectivity index (χ3v) is 3.70. The van der Waals surface area contributed by atoms with Crippen LogP contribution in [0.25, 0.3) is 0 Å². The van der Waals surface area contributed by atoms with Crippen LogP contribution in [0, 0.1) is 0 Å². The monoisotopic (exact) mass is 272 g/mol. The lowest BCUT2D eigenvalue weighted by Crippen LogP contribution is -2.24. The summed E-state index contributed by atoms with van der Waals surface area (Å²) >= 11 is 3.70. The molecule has 1 atom stereocenters. The van der Waals surface area contributed by atoms with Crippen molar-refractivity contribution in [2.75, 3.05) is 13.1 Å². The molecule has 0 N–H and O–H groups in total. The predicted octanol–water partition coefficient (Wildman–Crippen LogP) is 1.56. The second-order valence-electron chi connectivity index (χ2n) is 4.19. The number of nitrogens with zero attached hydrogens (tertiary/aromatic N) is 4. The Hall–Kier alpha value is -0.420. The van der Waals surface area contributed by atoms with E-state index in [0.29, 0.717) is 4.83 Å². The number of alkyl halides is 1. The number of hydrogen-bond acceptors (Lipinski definition) is 3. The molecule has 0 radical (unpaired) electrons. The van der Waals surface area contributed by atoms with Gasteiger partial charge in [0.25, 0.3) is 0 Å². The Morgan fingerprint density at radius 3 is 3.07 bits per heavy atom. The summed E-state index contributed by atoms with van der Waals surface area (Å²) in [4.78, 5) is 3.16. The summed E-state index contributed by atoms with van der Waals surface area (Å²) in [5.41, 5.74) is 1.07. The molecule has 1 saturated heterocycles. The minimum atomic E-state index is 0.698. The summed E-state index contributed by atoms with van der Waals surface area (Å²) < 4.78 is 1.76. The first-order valence-electron chi connectivity index (χ1n) is 5.45. The lowest BCUT2D eigenvalue weighted by Gasteiger charge is -2.17. The van der Waals surface area contributed by atoms with Crippen molar-refractivity contribution in [3.05, 3.63) is 11.9 Å². The Labute approximate surface area is 98.8 Å². The fourth-order valence-electron chi connectivity index (χ4n) is 1.97. The van der Waals surface area contributed by atoms with Crippen molar-refractivity contribution in [2.24, 2.45) is 7.05 Å². The van der Waals surface area contributed by atoms with Gasteiger partial charge >= 0.3 is 0 Å². The molecule has 15 heavy (non-hydrogen) atoms. The second-order valence-corrected chi connectivity index (χ2v) is 5.48. The topological polar surface area (TPSA) is 34.0 Å². The van der Waals surface area contributed by atoms with E-state index in [0.717, 1.165) is 18.8 Å². The third-order valence-electron chi connectivity index (χ3n) is 2.79. The average Bonchev–Trinajstić information content (AvgIpc) is 2.48.